The molecule has 2 fully saturated rings. The zero-order valence-corrected chi connectivity index (χ0v) is 20.0. The molecule has 2 aliphatic heterocycles. The van der Waals surface area contributed by atoms with Gasteiger partial charge < -0.3 is 10.1 Å². The standard InChI is InChI=1S/C22H25ClFN5O4S/c23-21-20(26-12-15-2-1-9-33-14-15)13-27-29(22(21)30)17-5-7-28(8-6-17)34(31,32)18-4-3-16(11-25)19(24)10-18/h3-4,10,13,15,17,26H,1-2,5-9,12,14H2/t15-/m0/s1. The molecule has 9 nitrogen and oxygen atoms in total. The summed E-state index contributed by atoms with van der Waals surface area (Å²) in [5.41, 5.74) is -0.177. The fraction of sp³-hybridized carbons (Fsp3) is 0.500. The van der Waals surface area contributed by atoms with Gasteiger partial charge in [0.15, 0.2) is 0 Å². The van der Waals surface area contributed by atoms with E-state index in [4.69, 9.17) is 21.6 Å². The summed E-state index contributed by atoms with van der Waals surface area (Å²) in [5, 5.41) is 16.4. The lowest BCUT2D eigenvalue weighted by Crippen LogP contribution is -2.41. The molecule has 0 aliphatic carbocycles. The fourth-order valence-corrected chi connectivity index (χ4v) is 5.96. The molecule has 0 amide bonds. The predicted molar refractivity (Wildman–Crippen MR) is 124 cm³/mol. The summed E-state index contributed by atoms with van der Waals surface area (Å²) >= 11 is 6.32. The van der Waals surface area contributed by atoms with Crippen molar-refractivity contribution in [3.05, 3.63) is 51.2 Å². The Labute approximate surface area is 202 Å². The molecule has 2 aromatic rings. The van der Waals surface area contributed by atoms with Crippen molar-refractivity contribution < 1.29 is 17.5 Å². The van der Waals surface area contributed by atoms with Gasteiger partial charge in [-0.2, -0.15) is 14.7 Å². The normalized spacial score (nSPS) is 20.1. The highest BCUT2D eigenvalue weighted by molar-refractivity contribution is 7.89. The van der Waals surface area contributed by atoms with Crippen molar-refractivity contribution in [3.8, 4) is 6.07 Å². The van der Waals surface area contributed by atoms with E-state index in [9.17, 15) is 17.6 Å². The molecule has 1 atom stereocenters. The Morgan fingerprint density at radius 1 is 1.29 bits per heavy atom. The molecule has 12 heteroatoms. The zero-order chi connectivity index (χ0) is 24.3. The maximum absolute atomic E-state index is 13.9. The second kappa shape index (κ2) is 10.4. The smallest absolute Gasteiger partial charge is 0.287 e. The molecule has 0 unspecified atom stereocenters. The Kier molecular flexibility index (Phi) is 7.52. The number of anilines is 1. The maximum Gasteiger partial charge on any atom is 0.287 e. The summed E-state index contributed by atoms with van der Waals surface area (Å²) in [4.78, 5) is 12.6. The van der Waals surface area contributed by atoms with E-state index in [1.807, 2.05) is 0 Å². The number of piperidine rings is 1. The summed E-state index contributed by atoms with van der Waals surface area (Å²) in [6.07, 6.45) is 4.29. The average Bonchev–Trinajstić information content (AvgIpc) is 2.85. The summed E-state index contributed by atoms with van der Waals surface area (Å²) < 4.78 is 47.8. The Bertz CT molecular complexity index is 1250. The van der Waals surface area contributed by atoms with Crippen LogP contribution in [0, 0.1) is 23.1 Å². The first-order valence-corrected chi connectivity index (χ1v) is 12.9. The summed E-state index contributed by atoms with van der Waals surface area (Å²) in [6, 6.07) is 4.59. The maximum atomic E-state index is 13.9. The Morgan fingerprint density at radius 2 is 2.06 bits per heavy atom. The van der Waals surface area contributed by atoms with E-state index in [-0.39, 0.29) is 34.6 Å². The van der Waals surface area contributed by atoms with Gasteiger partial charge in [0, 0.05) is 26.2 Å². The van der Waals surface area contributed by atoms with E-state index in [1.54, 1.807) is 6.07 Å². The third-order valence-corrected chi connectivity index (χ3v) is 8.51. The highest BCUT2D eigenvalue weighted by Gasteiger charge is 2.31. The zero-order valence-electron chi connectivity index (χ0n) is 18.4. The first-order valence-electron chi connectivity index (χ1n) is 11.1. The lowest BCUT2D eigenvalue weighted by molar-refractivity contribution is 0.0595. The van der Waals surface area contributed by atoms with Crippen molar-refractivity contribution in [2.75, 3.05) is 38.2 Å². The van der Waals surface area contributed by atoms with Gasteiger partial charge in [-0.3, -0.25) is 4.79 Å². The summed E-state index contributed by atoms with van der Waals surface area (Å²) in [6.45, 7) is 2.37. The fourth-order valence-electron chi connectivity index (χ4n) is 4.27. The third-order valence-electron chi connectivity index (χ3n) is 6.25. The molecular weight excluding hydrogens is 485 g/mol. The first kappa shape index (κ1) is 24.6. The minimum absolute atomic E-state index is 0.0508. The van der Waals surface area contributed by atoms with Gasteiger partial charge in [0.1, 0.15) is 16.9 Å². The van der Waals surface area contributed by atoms with E-state index in [2.05, 4.69) is 10.4 Å². The van der Waals surface area contributed by atoms with Crippen molar-refractivity contribution in [2.24, 2.45) is 5.92 Å². The number of sulfonamides is 1. The molecule has 4 rings (SSSR count). The van der Waals surface area contributed by atoms with Crippen LogP contribution in [-0.2, 0) is 14.8 Å². The van der Waals surface area contributed by atoms with Gasteiger partial charge in [0.25, 0.3) is 5.56 Å². The molecular formula is C22H25ClFN5O4S. The number of rotatable bonds is 6. The number of nitrogens with zero attached hydrogens (tertiary/aromatic N) is 4. The summed E-state index contributed by atoms with van der Waals surface area (Å²) in [5.74, 6) is -0.531. The summed E-state index contributed by atoms with van der Waals surface area (Å²) in [7, 11) is -3.93. The Hall–Kier alpha value is -2.52. The van der Waals surface area contributed by atoms with E-state index < -0.39 is 21.4 Å². The molecule has 0 bridgehead atoms. The van der Waals surface area contributed by atoms with Gasteiger partial charge in [-0.1, -0.05) is 11.6 Å². The van der Waals surface area contributed by atoms with Gasteiger partial charge in [-0.25, -0.2) is 17.5 Å². The highest BCUT2D eigenvalue weighted by atomic mass is 35.5. The average molecular weight is 510 g/mol. The quantitative estimate of drug-likeness (QED) is 0.636. The van der Waals surface area contributed by atoms with Crippen LogP contribution in [0.2, 0.25) is 5.02 Å². The van der Waals surface area contributed by atoms with Crippen LogP contribution in [0.4, 0.5) is 10.1 Å². The van der Waals surface area contributed by atoms with Crippen LogP contribution >= 0.6 is 11.6 Å². The third kappa shape index (κ3) is 5.10. The minimum atomic E-state index is -3.93. The minimum Gasteiger partial charge on any atom is -0.382 e. The van der Waals surface area contributed by atoms with Gasteiger partial charge in [0.05, 0.1) is 35.0 Å². The van der Waals surface area contributed by atoms with Crippen LogP contribution < -0.4 is 10.9 Å². The van der Waals surface area contributed by atoms with Crippen LogP contribution in [0.3, 0.4) is 0 Å². The number of halogens is 2. The highest BCUT2D eigenvalue weighted by Crippen LogP contribution is 2.27. The lowest BCUT2D eigenvalue weighted by Gasteiger charge is -2.31. The molecule has 182 valence electrons. The monoisotopic (exact) mass is 509 g/mol. The second-order valence-electron chi connectivity index (χ2n) is 8.47. The van der Waals surface area contributed by atoms with Crippen molar-refractivity contribution >= 4 is 27.3 Å². The Morgan fingerprint density at radius 3 is 2.71 bits per heavy atom. The number of aromatic nitrogens is 2. The number of hydrogen-bond acceptors (Lipinski definition) is 7. The molecule has 1 aromatic carbocycles. The van der Waals surface area contributed by atoms with Gasteiger partial charge >= 0.3 is 0 Å². The van der Waals surface area contributed by atoms with Gasteiger partial charge in [0.2, 0.25) is 10.0 Å². The van der Waals surface area contributed by atoms with E-state index in [0.717, 1.165) is 31.6 Å². The molecule has 0 spiro atoms. The number of hydrogen-bond donors (Lipinski definition) is 1. The molecule has 2 saturated heterocycles. The van der Waals surface area contributed by atoms with Crippen molar-refractivity contribution in [3.63, 3.8) is 0 Å². The van der Waals surface area contributed by atoms with Crippen molar-refractivity contribution in [1.82, 2.24) is 14.1 Å². The predicted octanol–water partition coefficient (Wildman–Crippen LogP) is 2.77. The number of nitriles is 1. The molecule has 1 aromatic heterocycles. The van der Waals surface area contributed by atoms with E-state index in [1.165, 1.54) is 21.3 Å². The molecule has 3 heterocycles. The van der Waals surface area contributed by atoms with Crippen LogP contribution in [0.1, 0.15) is 37.3 Å². The SMILES string of the molecule is N#Cc1ccc(S(=O)(=O)N2CCC(n3ncc(NC[C@@H]4CCCOC4)c(Cl)c3=O)CC2)cc1F. The van der Waals surface area contributed by atoms with Crippen LogP contribution in [0.5, 0.6) is 0 Å². The van der Waals surface area contributed by atoms with Gasteiger partial charge in [-0.05, 0) is 49.8 Å². The van der Waals surface area contributed by atoms with E-state index in [0.29, 0.717) is 37.6 Å². The van der Waals surface area contributed by atoms with Crippen molar-refractivity contribution in [2.45, 2.75) is 36.6 Å². The van der Waals surface area contributed by atoms with Gasteiger partial charge in [-0.15, -0.1) is 0 Å². The van der Waals surface area contributed by atoms with Crippen molar-refractivity contribution in [1.29, 1.82) is 5.26 Å². The second-order valence-corrected chi connectivity index (χ2v) is 10.8. The van der Waals surface area contributed by atoms with E-state index >= 15 is 0 Å². The topological polar surface area (TPSA) is 117 Å². The lowest BCUT2D eigenvalue weighted by atomic mass is 10.0. The molecule has 0 saturated carbocycles. The Balaban J connectivity index is 1.41. The molecule has 34 heavy (non-hydrogen) atoms. The largest absolute Gasteiger partial charge is 0.382 e. The number of benzene rings is 1. The molecule has 0 radical (unpaired) electrons. The first-order chi connectivity index (χ1) is 16.3. The molecule has 1 N–H and O–H groups in total. The van der Waals surface area contributed by atoms with Crippen LogP contribution in [0.25, 0.3) is 0 Å². The molecule has 2 aliphatic rings. The van der Waals surface area contributed by atoms with Crippen LogP contribution in [-0.4, -0.2) is 55.4 Å². The van der Waals surface area contributed by atoms with Crippen LogP contribution in [0.15, 0.2) is 34.1 Å². The number of nitrogens with one attached hydrogen (secondary N) is 1. The number of ether oxygens (including phenoxy) is 1.